The van der Waals surface area contributed by atoms with Gasteiger partial charge in [0, 0.05) is 11.8 Å². The van der Waals surface area contributed by atoms with Crippen molar-refractivity contribution in [3.05, 3.63) is 61.1 Å². The second-order valence-corrected chi connectivity index (χ2v) is 5.93. The van der Waals surface area contributed by atoms with Crippen LogP contribution in [0.5, 0.6) is 0 Å². The van der Waals surface area contributed by atoms with Crippen molar-refractivity contribution in [2.45, 2.75) is 13.0 Å². The molecule has 1 amide bonds. The molecule has 3 aromatic heterocycles. The van der Waals surface area contributed by atoms with Crippen LogP contribution in [0.1, 0.15) is 13.0 Å². The summed E-state index contributed by atoms with van der Waals surface area (Å²) in [5.74, 6) is 0.804. The number of hydrogen-bond acceptors (Lipinski definition) is 4. The molecule has 0 aliphatic carbocycles. The molecule has 0 saturated carbocycles. The summed E-state index contributed by atoms with van der Waals surface area (Å²) < 4.78 is 7.76. The molecule has 130 valence electrons. The van der Waals surface area contributed by atoms with E-state index in [0.717, 1.165) is 17.0 Å². The van der Waals surface area contributed by atoms with Crippen LogP contribution in [-0.4, -0.2) is 25.7 Å². The molecular weight excluding hydrogens is 330 g/mol. The van der Waals surface area contributed by atoms with Crippen molar-refractivity contribution in [1.29, 1.82) is 0 Å². The van der Waals surface area contributed by atoms with Gasteiger partial charge in [-0.25, -0.2) is 4.98 Å². The van der Waals surface area contributed by atoms with Crippen LogP contribution in [0.3, 0.4) is 0 Å². The first-order chi connectivity index (χ1) is 12.6. The second kappa shape index (κ2) is 6.36. The molecule has 0 saturated heterocycles. The first kappa shape index (κ1) is 15.9. The summed E-state index contributed by atoms with van der Waals surface area (Å²) >= 11 is 0. The van der Waals surface area contributed by atoms with Crippen molar-refractivity contribution in [2.24, 2.45) is 5.73 Å². The van der Waals surface area contributed by atoms with E-state index in [4.69, 9.17) is 10.2 Å². The van der Waals surface area contributed by atoms with Crippen molar-refractivity contribution < 1.29 is 9.21 Å². The average Bonchev–Trinajstić information content (AvgIpc) is 3.40. The van der Waals surface area contributed by atoms with E-state index in [1.807, 2.05) is 48.5 Å². The van der Waals surface area contributed by atoms with Gasteiger partial charge in [-0.05, 0) is 25.1 Å². The van der Waals surface area contributed by atoms with E-state index in [1.165, 1.54) is 0 Å². The predicted molar refractivity (Wildman–Crippen MR) is 96.9 cm³/mol. The molecule has 26 heavy (non-hydrogen) atoms. The SMILES string of the molecule is C[C@H](C(N)=O)n1cnc(-c2ccccc2)c1-c1ccc(-c2ccn[nH]2)o1. The first-order valence-corrected chi connectivity index (χ1v) is 8.16. The van der Waals surface area contributed by atoms with E-state index < -0.39 is 11.9 Å². The second-order valence-electron chi connectivity index (χ2n) is 5.93. The van der Waals surface area contributed by atoms with Crippen molar-refractivity contribution in [1.82, 2.24) is 19.7 Å². The Hall–Kier alpha value is -3.61. The quantitative estimate of drug-likeness (QED) is 0.578. The first-order valence-electron chi connectivity index (χ1n) is 8.16. The van der Waals surface area contributed by atoms with Gasteiger partial charge in [0.05, 0.1) is 12.0 Å². The lowest BCUT2D eigenvalue weighted by Gasteiger charge is -2.13. The number of aromatic nitrogens is 4. The third kappa shape index (κ3) is 2.69. The van der Waals surface area contributed by atoms with Gasteiger partial charge in [0.15, 0.2) is 11.5 Å². The van der Waals surface area contributed by atoms with Gasteiger partial charge in [-0.1, -0.05) is 30.3 Å². The maximum atomic E-state index is 11.8. The summed E-state index contributed by atoms with van der Waals surface area (Å²) in [5.41, 5.74) is 8.64. The fourth-order valence-electron chi connectivity index (χ4n) is 2.85. The van der Waals surface area contributed by atoms with Gasteiger partial charge >= 0.3 is 0 Å². The molecule has 0 radical (unpaired) electrons. The number of imidazole rings is 1. The molecule has 3 N–H and O–H groups in total. The highest BCUT2D eigenvalue weighted by atomic mass is 16.3. The Bertz CT molecular complexity index is 1030. The maximum absolute atomic E-state index is 11.8. The highest BCUT2D eigenvalue weighted by Crippen LogP contribution is 2.35. The lowest BCUT2D eigenvalue weighted by Crippen LogP contribution is -2.24. The minimum atomic E-state index is -0.560. The number of carbonyl (C=O) groups is 1. The van der Waals surface area contributed by atoms with E-state index in [1.54, 1.807) is 24.0 Å². The number of nitrogens with two attached hydrogens (primary N) is 1. The predicted octanol–water partition coefficient (Wildman–Crippen LogP) is 3.25. The van der Waals surface area contributed by atoms with Crippen LogP contribution < -0.4 is 5.73 Å². The van der Waals surface area contributed by atoms with Gasteiger partial charge in [0.2, 0.25) is 5.91 Å². The van der Waals surface area contributed by atoms with Gasteiger partial charge in [-0.15, -0.1) is 0 Å². The molecule has 7 heteroatoms. The number of furan rings is 1. The zero-order valence-electron chi connectivity index (χ0n) is 14.1. The standard InChI is InChI=1S/C19H17N5O2/c1-12(19(20)25)24-11-21-17(13-5-3-2-4-6-13)18(24)16-8-7-15(26-16)14-9-10-22-23-14/h2-12H,1H3,(H2,20,25)(H,22,23)/t12-/m1/s1. The van der Waals surface area contributed by atoms with Gasteiger partial charge in [-0.3, -0.25) is 9.89 Å². The Morgan fingerprint density at radius 1 is 1.15 bits per heavy atom. The van der Waals surface area contributed by atoms with E-state index in [9.17, 15) is 4.79 Å². The minimum Gasteiger partial charge on any atom is -0.453 e. The highest BCUT2D eigenvalue weighted by molar-refractivity contribution is 5.82. The Morgan fingerprint density at radius 2 is 1.92 bits per heavy atom. The molecule has 1 atom stereocenters. The van der Waals surface area contributed by atoms with Crippen molar-refractivity contribution >= 4 is 5.91 Å². The van der Waals surface area contributed by atoms with E-state index in [0.29, 0.717) is 17.2 Å². The Morgan fingerprint density at radius 3 is 2.62 bits per heavy atom. The van der Waals surface area contributed by atoms with Crippen LogP contribution in [0.25, 0.3) is 34.2 Å². The molecule has 0 bridgehead atoms. The van der Waals surface area contributed by atoms with Crippen molar-refractivity contribution in [3.8, 4) is 34.2 Å². The topological polar surface area (TPSA) is 103 Å². The van der Waals surface area contributed by atoms with Gasteiger partial charge < -0.3 is 14.7 Å². The number of rotatable bonds is 5. The highest BCUT2D eigenvalue weighted by Gasteiger charge is 2.23. The van der Waals surface area contributed by atoms with Crippen molar-refractivity contribution in [3.63, 3.8) is 0 Å². The normalized spacial score (nSPS) is 12.2. The molecule has 0 aliphatic rings. The number of nitrogens with zero attached hydrogens (tertiary/aromatic N) is 3. The average molecular weight is 347 g/mol. The summed E-state index contributed by atoms with van der Waals surface area (Å²) in [7, 11) is 0. The van der Waals surface area contributed by atoms with Gasteiger partial charge in [-0.2, -0.15) is 5.10 Å². The summed E-state index contributed by atoms with van der Waals surface area (Å²) in [6, 6.07) is 14.7. The number of hydrogen-bond donors (Lipinski definition) is 2. The third-order valence-corrected chi connectivity index (χ3v) is 4.28. The number of benzene rings is 1. The van der Waals surface area contributed by atoms with Gasteiger partial charge in [0.1, 0.15) is 17.4 Å². The number of aromatic amines is 1. The summed E-state index contributed by atoms with van der Waals surface area (Å²) in [6.07, 6.45) is 3.28. The molecule has 0 fully saturated rings. The molecule has 0 aliphatic heterocycles. The van der Waals surface area contributed by atoms with Crippen molar-refractivity contribution in [2.75, 3.05) is 0 Å². The van der Waals surface area contributed by atoms with E-state index in [-0.39, 0.29) is 0 Å². The molecule has 7 nitrogen and oxygen atoms in total. The zero-order chi connectivity index (χ0) is 18.1. The monoisotopic (exact) mass is 347 g/mol. The number of H-pyrrole nitrogens is 1. The van der Waals surface area contributed by atoms with Gasteiger partial charge in [0.25, 0.3) is 0 Å². The fraction of sp³-hybridized carbons (Fsp3) is 0.105. The molecule has 3 heterocycles. The number of carbonyl (C=O) groups excluding carboxylic acids is 1. The maximum Gasteiger partial charge on any atom is 0.240 e. The Balaban J connectivity index is 1.88. The minimum absolute atomic E-state index is 0.441. The summed E-state index contributed by atoms with van der Waals surface area (Å²) in [4.78, 5) is 16.3. The lowest BCUT2D eigenvalue weighted by molar-refractivity contribution is -0.120. The molecule has 1 aromatic carbocycles. The number of primary amides is 1. The van der Waals surface area contributed by atoms with Crippen LogP contribution in [0.4, 0.5) is 0 Å². The third-order valence-electron chi connectivity index (χ3n) is 4.28. The molecular formula is C19H17N5O2. The van der Waals surface area contributed by atoms with E-state index in [2.05, 4.69) is 15.2 Å². The van der Waals surface area contributed by atoms with Crippen LogP contribution in [0, 0.1) is 0 Å². The molecule has 0 unspecified atom stereocenters. The fourth-order valence-corrected chi connectivity index (χ4v) is 2.85. The Kier molecular flexibility index (Phi) is 3.89. The van der Waals surface area contributed by atoms with Crippen LogP contribution >= 0.6 is 0 Å². The van der Waals surface area contributed by atoms with Crippen LogP contribution in [0.15, 0.2) is 65.5 Å². The van der Waals surface area contributed by atoms with Crippen LogP contribution in [-0.2, 0) is 4.79 Å². The largest absolute Gasteiger partial charge is 0.453 e. The number of nitrogens with one attached hydrogen (secondary N) is 1. The lowest BCUT2D eigenvalue weighted by atomic mass is 10.1. The number of amides is 1. The van der Waals surface area contributed by atoms with E-state index >= 15 is 0 Å². The molecule has 4 aromatic rings. The molecule has 0 spiro atoms. The van der Waals surface area contributed by atoms with Crippen LogP contribution in [0.2, 0.25) is 0 Å². The summed E-state index contributed by atoms with van der Waals surface area (Å²) in [6.45, 7) is 1.74. The smallest absolute Gasteiger partial charge is 0.240 e. The molecule has 4 rings (SSSR count). The summed E-state index contributed by atoms with van der Waals surface area (Å²) in [5, 5.41) is 6.81. The Labute approximate surface area is 149 Å². The zero-order valence-corrected chi connectivity index (χ0v) is 14.1.